The van der Waals surface area contributed by atoms with Crippen LogP contribution >= 0.6 is 0 Å². The highest BCUT2D eigenvalue weighted by Gasteiger charge is 2.15. The second kappa shape index (κ2) is 6.55. The molecule has 16 heavy (non-hydrogen) atoms. The van der Waals surface area contributed by atoms with Crippen LogP contribution in [0.1, 0.15) is 12.8 Å². The van der Waals surface area contributed by atoms with Gasteiger partial charge in [0.1, 0.15) is 0 Å². The van der Waals surface area contributed by atoms with E-state index in [1.807, 2.05) is 0 Å². The van der Waals surface area contributed by atoms with E-state index in [0.717, 1.165) is 19.8 Å². The summed E-state index contributed by atoms with van der Waals surface area (Å²) in [4.78, 5) is 4.98. The maximum atomic E-state index is 5.34. The number of hydrogen-bond acceptors (Lipinski definition) is 4. The molecule has 94 valence electrons. The zero-order valence-corrected chi connectivity index (χ0v) is 10.5. The third kappa shape index (κ3) is 4.01. The Balaban J connectivity index is 1.48. The van der Waals surface area contributed by atoms with Gasteiger partial charge in [0.15, 0.2) is 0 Å². The molecule has 0 radical (unpaired) electrons. The Bertz CT molecular complexity index is 187. The van der Waals surface area contributed by atoms with Crippen molar-refractivity contribution in [2.45, 2.75) is 18.9 Å². The molecule has 0 bridgehead atoms. The van der Waals surface area contributed by atoms with Crippen LogP contribution in [0, 0.1) is 0 Å². The molecule has 2 saturated heterocycles. The first-order valence-corrected chi connectivity index (χ1v) is 6.56. The summed E-state index contributed by atoms with van der Waals surface area (Å²) < 4.78 is 5.34. The second-order valence-electron chi connectivity index (χ2n) is 5.01. The average Bonchev–Trinajstić information content (AvgIpc) is 2.80. The summed E-state index contributed by atoms with van der Waals surface area (Å²) in [5, 5.41) is 3.57. The van der Waals surface area contributed by atoms with E-state index in [4.69, 9.17) is 4.74 Å². The quantitative estimate of drug-likeness (QED) is 0.669. The van der Waals surface area contributed by atoms with Gasteiger partial charge in [0, 0.05) is 38.8 Å². The highest BCUT2D eigenvalue weighted by Crippen LogP contribution is 2.03. The molecule has 2 aliphatic rings. The Morgan fingerprint density at radius 3 is 2.75 bits per heavy atom. The minimum absolute atomic E-state index is 0.618. The molecule has 4 nitrogen and oxygen atoms in total. The maximum Gasteiger partial charge on any atom is 0.0620 e. The molecule has 0 aliphatic carbocycles. The van der Waals surface area contributed by atoms with Crippen molar-refractivity contribution < 1.29 is 4.74 Å². The molecule has 0 aromatic rings. The number of nitrogens with zero attached hydrogens (tertiary/aromatic N) is 2. The van der Waals surface area contributed by atoms with Gasteiger partial charge >= 0.3 is 0 Å². The number of hydrogen-bond donors (Lipinski definition) is 1. The van der Waals surface area contributed by atoms with Gasteiger partial charge in [0.25, 0.3) is 0 Å². The second-order valence-corrected chi connectivity index (χ2v) is 5.01. The molecular formula is C12H25N3O. The minimum atomic E-state index is 0.618. The Hall–Kier alpha value is -0.160. The van der Waals surface area contributed by atoms with Crippen LogP contribution in [0.25, 0.3) is 0 Å². The maximum absolute atomic E-state index is 5.34. The zero-order chi connectivity index (χ0) is 11.2. The molecule has 2 heterocycles. The molecule has 0 aromatic heterocycles. The average molecular weight is 227 g/mol. The first kappa shape index (κ1) is 12.3. The van der Waals surface area contributed by atoms with E-state index in [0.29, 0.717) is 6.04 Å². The van der Waals surface area contributed by atoms with Crippen molar-refractivity contribution >= 4 is 0 Å². The van der Waals surface area contributed by atoms with E-state index in [2.05, 4.69) is 22.2 Å². The van der Waals surface area contributed by atoms with Crippen molar-refractivity contribution in [2.75, 3.05) is 59.5 Å². The van der Waals surface area contributed by atoms with E-state index in [-0.39, 0.29) is 0 Å². The molecule has 4 heteroatoms. The van der Waals surface area contributed by atoms with Crippen molar-refractivity contribution in [2.24, 2.45) is 0 Å². The fraction of sp³-hybridized carbons (Fsp3) is 1.00. The summed E-state index contributed by atoms with van der Waals surface area (Å²) in [5.41, 5.74) is 0. The lowest BCUT2D eigenvalue weighted by molar-refractivity contribution is 0.152. The van der Waals surface area contributed by atoms with Gasteiger partial charge in [0.05, 0.1) is 6.61 Å². The third-order valence-corrected chi connectivity index (χ3v) is 3.61. The Morgan fingerprint density at radius 1 is 1.25 bits per heavy atom. The van der Waals surface area contributed by atoms with Gasteiger partial charge in [-0.15, -0.1) is 0 Å². The van der Waals surface area contributed by atoms with E-state index in [1.165, 1.54) is 45.6 Å². The van der Waals surface area contributed by atoms with Crippen molar-refractivity contribution in [3.8, 4) is 0 Å². The standard InChI is InChI=1S/C12H25N3O/c1-14-6-8-15(9-7-14)5-2-4-13-12-3-10-16-11-12/h12-13H,2-11H2,1H3. The van der Waals surface area contributed by atoms with E-state index in [9.17, 15) is 0 Å². The number of nitrogens with one attached hydrogen (secondary N) is 1. The van der Waals surface area contributed by atoms with Crippen LogP contribution in [0.3, 0.4) is 0 Å². The third-order valence-electron chi connectivity index (χ3n) is 3.61. The normalized spacial score (nSPS) is 28.7. The molecule has 2 rings (SSSR count). The number of ether oxygens (including phenoxy) is 1. The summed E-state index contributed by atoms with van der Waals surface area (Å²) in [7, 11) is 2.21. The molecule has 1 unspecified atom stereocenters. The van der Waals surface area contributed by atoms with Gasteiger partial charge in [-0.3, -0.25) is 0 Å². The molecule has 2 fully saturated rings. The SMILES string of the molecule is CN1CCN(CCCNC2CCOC2)CC1. The van der Waals surface area contributed by atoms with Crippen molar-refractivity contribution in [1.29, 1.82) is 0 Å². The van der Waals surface area contributed by atoms with Gasteiger partial charge in [-0.1, -0.05) is 0 Å². The summed E-state index contributed by atoms with van der Waals surface area (Å²) in [6.07, 6.45) is 2.45. The number of piperazine rings is 1. The van der Waals surface area contributed by atoms with E-state index < -0.39 is 0 Å². The lowest BCUT2D eigenvalue weighted by Gasteiger charge is -2.32. The fourth-order valence-electron chi connectivity index (χ4n) is 2.38. The molecule has 0 saturated carbocycles. The Morgan fingerprint density at radius 2 is 2.06 bits per heavy atom. The van der Waals surface area contributed by atoms with Gasteiger partial charge in [-0.2, -0.15) is 0 Å². The molecule has 1 N–H and O–H groups in total. The van der Waals surface area contributed by atoms with Crippen molar-refractivity contribution in [3.05, 3.63) is 0 Å². The summed E-state index contributed by atoms with van der Waals surface area (Å²) in [5.74, 6) is 0. The van der Waals surface area contributed by atoms with E-state index in [1.54, 1.807) is 0 Å². The summed E-state index contributed by atoms with van der Waals surface area (Å²) in [6, 6.07) is 0.618. The molecule has 1 atom stereocenters. The highest BCUT2D eigenvalue weighted by atomic mass is 16.5. The van der Waals surface area contributed by atoms with Crippen LogP contribution in [-0.4, -0.2) is 75.4 Å². The predicted octanol–water partition coefficient (Wildman–Crippen LogP) is 0.00240. The Labute approximate surface area is 98.9 Å². The van der Waals surface area contributed by atoms with Crippen LogP contribution < -0.4 is 5.32 Å². The van der Waals surface area contributed by atoms with E-state index >= 15 is 0 Å². The van der Waals surface area contributed by atoms with Crippen molar-refractivity contribution in [1.82, 2.24) is 15.1 Å². The monoisotopic (exact) mass is 227 g/mol. The molecule has 0 spiro atoms. The summed E-state index contributed by atoms with van der Waals surface area (Å²) in [6.45, 7) is 9.17. The lowest BCUT2D eigenvalue weighted by Crippen LogP contribution is -2.45. The first-order valence-electron chi connectivity index (χ1n) is 6.56. The molecular weight excluding hydrogens is 202 g/mol. The molecule has 0 amide bonds. The molecule has 0 aromatic carbocycles. The minimum Gasteiger partial charge on any atom is -0.380 e. The molecule has 2 aliphatic heterocycles. The van der Waals surface area contributed by atoms with Crippen LogP contribution in [-0.2, 0) is 4.74 Å². The van der Waals surface area contributed by atoms with Crippen molar-refractivity contribution in [3.63, 3.8) is 0 Å². The van der Waals surface area contributed by atoms with Gasteiger partial charge in [-0.05, 0) is 33.0 Å². The first-order chi connectivity index (χ1) is 7.84. The number of rotatable bonds is 5. The van der Waals surface area contributed by atoms with Crippen LogP contribution in [0.4, 0.5) is 0 Å². The topological polar surface area (TPSA) is 27.7 Å². The fourth-order valence-corrected chi connectivity index (χ4v) is 2.38. The highest BCUT2D eigenvalue weighted by molar-refractivity contribution is 4.72. The largest absolute Gasteiger partial charge is 0.380 e. The van der Waals surface area contributed by atoms with Crippen LogP contribution in [0.5, 0.6) is 0 Å². The van der Waals surface area contributed by atoms with Crippen LogP contribution in [0.15, 0.2) is 0 Å². The predicted molar refractivity (Wildman–Crippen MR) is 65.8 cm³/mol. The van der Waals surface area contributed by atoms with Gasteiger partial charge < -0.3 is 19.9 Å². The zero-order valence-electron chi connectivity index (χ0n) is 10.5. The Kier molecular flexibility index (Phi) is 5.03. The van der Waals surface area contributed by atoms with Gasteiger partial charge in [-0.25, -0.2) is 0 Å². The van der Waals surface area contributed by atoms with Crippen LogP contribution in [0.2, 0.25) is 0 Å². The lowest BCUT2D eigenvalue weighted by atomic mass is 10.2. The smallest absolute Gasteiger partial charge is 0.0620 e. The van der Waals surface area contributed by atoms with Gasteiger partial charge in [0.2, 0.25) is 0 Å². The number of likely N-dealkylation sites (N-methyl/N-ethyl adjacent to an activating group) is 1. The summed E-state index contributed by atoms with van der Waals surface area (Å²) >= 11 is 0.